The van der Waals surface area contributed by atoms with Crippen molar-refractivity contribution in [3.05, 3.63) is 66.4 Å². The molecule has 98 valence electrons. The minimum absolute atomic E-state index is 0.326. The summed E-state index contributed by atoms with van der Waals surface area (Å²) in [5.41, 5.74) is 3.59. The number of benzene rings is 2. The van der Waals surface area contributed by atoms with Crippen LogP contribution < -0.4 is 0 Å². The zero-order valence-corrected chi connectivity index (χ0v) is 11.0. The second kappa shape index (κ2) is 5.13. The number of hydrogen-bond acceptors (Lipinski definition) is 3. The second-order valence-corrected chi connectivity index (χ2v) is 4.45. The van der Waals surface area contributed by atoms with Gasteiger partial charge in [-0.05, 0) is 23.8 Å². The van der Waals surface area contributed by atoms with Crippen LogP contribution in [0.1, 0.15) is 10.4 Å². The number of aromatic nitrogens is 1. The molecule has 1 aromatic heterocycles. The fourth-order valence-electron chi connectivity index (χ4n) is 2.24. The summed E-state index contributed by atoms with van der Waals surface area (Å²) in [5, 5.41) is 1.10. The molecule has 3 heteroatoms. The van der Waals surface area contributed by atoms with E-state index in [1.807, 2.05) is 42.5 Å². The number of methoxy groups -OCH3 is 1. The molecule has 0 saturated carbocycles. The minimum Gasteiger partial charge on any atom is -0.465 e. The minimum atomic E-state index is -0.326. The van der Waals surface area contributed by atoms with Gasteiger partial charge in [0.1, 0.15) is 0 Å². The van der Waals surface area contributed by atoms with E-state index in [9.17, 15) is 4.79 Å². The molecule has 0 fully saturated rings. The van der Waals surface area contributed by atoms with Gasteiger partial charge in [0.25, 0.3) is 0 Å². The molecular formula is C17H13NO2. The summed E-state index contributed by atoms with van der Waals surface area (Å²) in [6.07, 6.45) is 1.79. The Bertz CT molecular complexity index is 758. The van der Waals surface area contributed by atoms with Crippen molar-refractivity contribution in [3.8, 4) is 11.1 Å². The van der Waals surface area contributed by atoms with Gasteiger partial charge in [-0.15, -0.1) is 0 Å². The summed E-state index contributed by atoms with van der Waals surface area (Å²) in [7, 11) is 1.38. The van der Waals surface area contributed by atoms with Crippen LogP contribution in [0.2, 0.25) is 0 Å². The third-order valence-corrected chi connectivity index (χ3v) is 3.25. The van der Waals surface area contributed by atoms with E-state index in [0.29, 0.717) is 5.56 Å². The Morgan fingerprint density at radius 2 is 1.75 bits per heavy atom. The molecule has 0 aliphatic rings. The topological polar surface area (TPSA) is 39.2 Å². The summed E-state index contributed by atoms with van der Waals surface area (Å²) in [6, 6.07) is 17.4. The van der Waals surface area contributed by atoms with Crippen molar-refractivity contribution in [1.82, 2.24) is 4.98 Å². The number of rotatable bonds is 2. The molecule has 20 heavy (non-hydrogen) atoms. The summed E-state index contributed by atoms with van der Waals surface area (Å²) in [4.78, 5) is 15.9. The SMILES string of the molecule is COC(=O)c1ccc(-c2cccc3cccnc23)cc1. The Balaban J connectivity index is 2.09. The first-order chi connectivity index (χ1) is 9.79. The van der Waals surface area contributed by atoms with E-state index in [-0.39, 0.29) is 5.97 Å². The van der Waals surface area contributed by atoms with Crippen molar-refractivity contribution >= 4 is 16.9 Å². The van der Waals surface area contributed by atoms with Crippen molar-refractivity contribution < 1.29 is 9.53 Å². The second-order valence-electron chi connectivity index (χ2n) is 4.45. The van der Waals surface area contributed by atoms with Gasteiger partial charge in [-0.1, -0.05) is 36.4 Å². The molecule has 0 spiro atoms. The summed E-state index contributed by atoms with van der Waals surface area (Å²) >= 11 is 0. The van der Waals surface area contributed by atoms with Crippen LogP contribution in [0.25, 0.3) is 22.0 Å². The lowest BCUT2D eigenvalue weighted by atomic mass is 10.0. The first-order valence-corrected chi connectivity index (χ1v) is 6.32. The highest BCUT2D eigenvalue weighted by Gasteiger charge is 2.07. The Hall–Kier alpha value is -2.68. The lowest BCUT2D eigenvalue weighted by Crippen LogP contribution is -2.00. The van der Waals surface area contributed by atoms with Crippen LogP contribution >= 0.6 is 0 Å². The fourth-order valence-corrected chi connectivity index (χ4v) is 2.24. The number of fused-ring (bicyclic) bond motifs is 1. The highest BCUT2D eigenvalue weighted by Crippen LogP contribution is 2.27. The molecule has 1 heterocycles. The molecule has 0 N–H and O–H groups in total. The van der Waals surface area contributed by atoms with Crippen LogP contribution in [0, 0.1) is 0 Å². The molecule has 3 rings (SSSR count). The average molecular weight is 263 g/mol. The largest absolute Gasteiger partial charge is 0.465 e. The predicted octanol–water partition coefficient (Wildman–Crippen LogP) is 3.69. The molecule has 0 saturated heterocycles. The van der Waals surface area contributed by atoms with E-state index in [1.54, 1.807) is 18.3 Å². The summed E-state index contributed by atoms with van der Waals surface area (Å²) < 4.78 is 4.70. The van der Waals surface area contributed by atoms with E-state index in [1.165, 1.54) is 7.11 Å². The van der Waals surface area contributed by atoms with Crippen molar-refractivity contribution in [2.24, 2.45) is 0 Å². The van der Waals surface area contributed by atoms with Gasteiger partial charge in [0, 0.05) is 17.1 Å². The third kappa shape index (κ3) is 2.14. The normalized spacial score (nSPS) is 10.4. The number of para-hydroxylation sites is 1. The molecule has 0 aliphatic heterocycles. The smallest absolute Gasteiger partial charge is 0.337 e. The van der Waals surface area contributed by atoms with Crippen LogP contribution in [0.3, 0.4) is 0 Å². The number of carbonyl (C=O) groups is 1. The maximum absolute atomic E-state index is 11.4. The maximum Gasteiger partial charge on any atom is 0.337 e. The quantitative estimate of drug-likeness (QED) is 0.662. The van der Waals surface area contributed by atoms with E-state index < -0.39 is 0 Å². The van der Waals surface area contributed by atoms with Gasteiger partial charge in [-0.2, -0.15) is 0 Å². The van der Waals surface area contributed by atoms with Crippen LogP contribution in [0.4, 0.5) is 0 Å². The van der Waals surface area contributed by atoms with Gasteiger partial charge in [-0.25, -0.2) is 4.79 Å². The molecule has 0 bridgehead atoms. The number of esters is 1. The fraction of sp³-hybridized carbons (Fsp3) is 0.0588. The molecule has 3 nitrogen and oxygen atoms in total. The number of ether oxygens (including phenoxy) is 1. The first kappa shape index (κ1) is 12.4. The number of pyridine rings is 1. The molecule has 0 unspecified atom stereocenters. The van der Waals surface area contributed by atoms with Gasteiger partial charge in [0.15, 0.2) is 0 Å². The Kier molecular flexibility index (Phi) is 3.17. The van der Waals surface area contributed by atoms with Crippen molar-refractivity contribution in [1.29, 1.82) is 0 Å². The molecule has 0 radical (unpaired) electrons. The maximum atomic E-state index is 11.4. The molecule has 3 aromatic rings. The molecule has 0 amide bonds. The average Bonchev–Trinajstić information content (AvgIpc) is 2.54. The predicted molar refractivity (Wildman–Crippen MR) is 78.5 cm³/mol. The summed E-state index contributed by atoms with van der Waals surface area (Å²) in [5.74, 6) is -0.326. The summed E-state index contributed by atoms with van der Waals surface area (Å²) in [6.45, 7) is 0. The monoisotopic (exact) mass is 263 g/mol. The zero-order chi connectivity index (χ0) is 13.9. The third-order valence-electron chi connectivity index (χ3n) is 3.25. The van der Waals surface area contributed by atoms with Gasteiger partial charge < -0.3 is 4.74 Å². The van der Waals surface area contributed by atoms with Crippen molar-refractivity contribution in [3.63, 3.8) is 0 Å². The van der Waals surface area contributed by atoms with Gasteiger partial charge in [0.2, 0.25) is 0 Å². The zero-order valence-electron chi connectivity index (χ0n) is 11.0. The highest BCUT2D eigenvalue weighted by molar-refractivity contribution is 5.95. The van der Waals surface area contributed by atoms with Crippen LogP contribution in [0.15, 0.2) is 60.8 Å². The van der Waals surface area contributed by atoms with Gasteiger partial charge in [0.05, 0.1) is 18.2 Å². The van der Waals surface area contributed by atoms with E-state index in [2.05, 4.69) is 4.98 Å². The Morgan fingerprint density at radius 1 is 1.00 bits per heavy atom. The number of hydrogen-bond donors (Lipinski definition) is 0. The number of carbonyl (C=O) groups excluding carboxylic acids is 1. The molecular weight excluding hydrogens is 250 g/mol. The van der Waals surface area contributed by atoms with Crippen LogP contribution in [-0.2, 0) is 4.74 Å². The first-order valence-electron chi connectivity index (χ1n) is 6.32. The van der Waals surface area contributed by atoms with Crippen LogP contribution in [0.5, 0.6) is 0 Å². The molecule has 0 aliphatic carbocycles. The Labute approximate surface area is 116 Å². The number of nitrogens with zero attached hydrogens (tertiary/aromatic N) is 1. The van der Waals surface area contributed by atoms with E-state index in [4.69, 9.17) is 4.74 Å². The van der Waals surface area contributed by atoms with Gasteiger partial charge in [-0.3, -0.25) is 4.98 Å². The standard InChI is InChI=1S/C17H13NO2/c1-20-17(19)14-9-7-12(8-10-14)15-6-2-4-13-5-3-11-18-16(13)15/h2-11H,1H3. The van der Waals surface area contributed by atoms with Crippen LogP contribution in [-0.4, -0.2) is 18.1 Å². The highest BCUT2D eigenvalue weighted by atomic mass is 16.5. The van der Waals surface area contributed by atoms with E-state index >= 15 is 0 Å². The van der Waals surface area contributed by atoms with Crippen molar-refractivity contribution in [2.45, 2.75) is 0 Å². The van der Waals surface area contributed by atoms with Gasteiger partial charge >= 0.3 is 5.97 Å². The molecule has 2 aromatic carbocycles. The lowest BCUT2D eigenvalue weighted by molar-refractivity contribution is 0.0601. The van der Waals surface area contributed by atoms with Crippen molar-refractivity contribution in [2.75, 3.05) is 7.11 Å². The Morgan fingerprint density at radius 3 is 2.50 bits per heavy atom. The molecule has 0 atom stereocenters. The lowest BCUT2D eigenvalue weighted by Gasteiger charge is -2.06. The van der Waals surface area contributed by atoms with E-state index in [0.717, 1.165) is 22.0 Å².